The van der Waals surface area contributed by atoms with E-state index >= 15 is 0 Å². The summed E-state index contributed by atoms with van der Waals surface area (Å²) in [5, 5.41) is 6.30. The molecule has 4 nitrogen and oxygen atoms in total. The van der Waals surface area contributed by atoms with Crippen molar-refractivity contribution in [3.63, 3.8) is 0 Å². The van der Waals surface area contributed by atoms with Crippen molar-refractivity contribution in [2.24, 2.45) is 5.92 Å². The van der Waals surface area contributed by atoms with E-state index in [0.29, 0.717) is 5.92 Å². The lowest BCUT2D eigenvalue weighted by molar-refractivity contribution is 0.181. The van der Waals surface area contributed by atoms with Crippen LogP contribution in [0.25, 0.3) is 0 Å². The van der Waals surface area contributed by atoms with Crippen LogP contribution in [-0.4, -0.2) is 43.2 Å². The van der Waals surface area contributed by atoms with E-state index in [2.05, 4.69) is 10.6 Å². The molecule has 1 saturated heterocycles. The standard InChI is InChI=1S/C12H25N3O/c1-4-15(12(16)14-10(2)3)9-11-5-7-13-8-6-11/h10-11,13H,4-9H2,1-3H3,(H,14,16). The molecule has 2 amide bonds. The first-order chi connectivity index (χ1) is 7.63. The minimum absolute atomic E-state index is 0.0797. The maximum Gasteiger partial charge on any atom is 0.317 e. The normalized spacial score (nSPS) is 17.5. The maximum atomic E-state index is 11.9. The van der Waals surface area contributed by atoms with Gasteiger partial charge in [0.05, 0.1) is 0 Å². The van der Waals surface area contributed by atoms with Gasteiger partial charge in [-0.2, -0.15) is 0 Å². The van der Waals surface area contributed by atoms with Crippen molar-refractivity contribution in [2.75, 3.05) is 26.2 Å². The average Bonchev–Trinajstić information content (AvgIpc) is 2.26. The van der Waals surface area contributed by atoms with Crippen LogP contribution in [0, 0.1) is 5.92 Å². The molecule has 0 radical (unpaired) electrons. The van der Waals surface area contributed by atoms with Gasteiger partial charge in [0.2, 0.25) is 0 Å². The van der Waals surface area contributed by atoms with Crippen molar-refractivity contribution in [1.82, 2.24) is 15.5 Å². The summed E-state index contributed by atoms with van der Waals surface area (Å²) in [7, 11) is 0. The number of nitrogens with one attached hydrogen (secondary N) is 2. The van der Waals surface area contributed by atoms with E-state index in [1.807, 2.05) is 25.7 Å². The van der Waals surface area contributed by atoms with E-state index in [4.69, 9.17) is 0 Å². The number of rotatable bonds is 4. The van der Waals surface area contributed by atoms with E-state index in [-0.39, 0.29) is 12.1 Å². The third kappa shape index (κ3) is 4.39. The van der Waals surface area contributed by atoms with Gasteiger partial charge in [-0.3, -0.25) is 0 Å². The molecular formula is C12H25N3O. The van der Waals surface area contributed by atoms with Crippen LogP contribution >= 0.6 is 0 Å². The Labute approximate surface area is 98.8 Å². The fourth-order valence-corrected chi connectivity index (χ4v) is 2.07. The number of nitrogens with zero attached hydrogens (tertiary/aromatic N) is 1. The number of carbonyl (C=O) groups excluding carboxylic acids is 1. The third-order valence-electron chi connectivity index (χ3n) is 3.02. The first kappa shape index (κ1) is 13.3. The van der Waals surface area contributed by atoms with Crippen LogP contribution in [0.5, 0.6) is 0 Å². The number of hydrogen-bond acceptors (Lipinski definition) is 2. The molecule has 1 heterocycles. The fraction of sp³-hybridized carbons (Fsp3) is 0.917. The zero-order valence-electron chi connectivity index (χ0n) is 10.8. The second kappa shape index (κ2) is 6.74. The molecule has 0 atom stereocenters. The molecule has 0 aromatic heterocycles. The lowest BCUT2D eigenvalue weighted by Crippen LogP contribution is -2.46. The van der Waals surface area contributed by atoms with Crippen molar-refractivity contribution in [3.8, 4) is 0 Å². The first-order valence-electron chi connectivity index (χ1n) is 6.39. The molecular weight excluding hydrogens is 202 g/mol. The van der Waals surface area contributed by atoms with E-state index in [1.165, 1.54) is 12.8 Å². The van der Waals surface area contributed by atoms with E-state index in [0.717, 1.165) is 26.2 Å². The molecule has 0 saturated carbocycles. The van der Waals surface area contributed by atoms with Crippen molar-refractivity contribution >= 4 is 6.03 Å². The third-order valence-corrected chi connectivity index (χ3v) is 3.02. The molecule has 0 unspecified atom stereocenters. The quantitative estimate of drug-likeness (QED) is 0.763. The number of hydrogen-bond donors (Lipinski definition) is 2. The summed E-state index contributed by atoms with van der Waals surface area (Å²) >= 11 is 0. The molecule has 0 aliphatic carbocycles. The van der Waals surface area contributed by atoms with Gasteiger partial charge < -0.3 is 15.5 Å². The van der Waals surface area contributed by atoms with Crippen molar-refractivity contribution in [3.05, 3.63) is 0 Å². The number of piperidine rings is 1. The van der Waals surface area contributed by atoms with Crippen LogP contribution in [0.1, 0.15) is 33.6 Å². The summed E-state index contributed by atoms with van der Waals surface area (Å²) in [4.78, 5) is 13.8. The van der Waals surface area contributed by atoms with Crippen LogP contribution in [0.15, 0.2) is 0 Å². The fourth-order valence-electron chi connectivity index (χ4n) is 2.07. The second-order valence-electron chi connectivity index (χ2n) is 4.84. The molecule has 0 aromatic carbocycles. The molecule has 4 heteroatoms. The Hall–Kier alpha value is -0.770. The Morgan fingerprint density at radius 1 is 1.44 bits per heavy atom. The zero-order chi connectivity index (χ0) is 12.0. The molecule has 2 N–H and O–H groups in total. The molecule has 1 aliphatic heterocycles. The Morgan fingerprint density at radius 3 is 2.56 bits per heavy atom. The summed E-state index contributed by atoms with van der Waals surface area (Å²) in [6.07, 6.45) is 2.37. The van der Waals surface area contributed by atoms with Crippen LogP contribution in [0.3, 0.4) is 0 Å². The highest BCUT2D eigenvalue weighted by Gasteiger charge is 2.19. The minimum atomic E-state index is 0.0797. The van der Waals surface area contributed by atoms with Gasteiger partial charge in [0, 0.05) is 19.1 Å². The van der Waals surface area contributed by atoms with Gasteiger partial charge in [-0.15, -0.1) is 0 Å². The largest absolute Gasteiger partial charge is 0.336 e. The minimum Gasteiger partial charge on any atom is -0.336 e. The Kier molecular flexibility index (Phi) is 5.60. The summed E-state index contributed by atoms with van der Waals surface area (Å²) in [5.41, 5.74) is 0. The second-order valence-corrected chi connectivity index (χ2v) is 4.84. The topological polar surface area (TPSA) is 44.4 Å². The Bertz CT molecular complexity index is 212. The molecule has 1 rings (SSSR count). The molecule has 94 valence electrons. The highest BCUT2D eigenvalue weighted by atomic mass is 16.2. The highest BCUT2D eigenvalue weighted by Crippen LogP contribution is 2.13. The zero-order valence-corrected chi connectivity index (χ0v) is 10.8. The van der Waals surface area contributed by atoms with Crippen LogP contribution in [0.4, 0.5) is 4.79 Å². The van der Waals surface area contributed by atoms with Crippen molar-refractivity contribution in [2.45, 2.75) is 39.7 Å². The SMILES string of the molecule is CCN(CC1CCNCC1)C(=O)NC(C)C. The first-order valence-corrected chi connectivity index (χ1v) is 6.39. The van der Waals surface area contributed by atoms with Gasteiger partial charge >= 0.3 is 6.03 Å². The molecule has 1 fully saturated rings. The number of carbonyl (C=O) groups is 1. The lowest BCUT2D eigenvalue weighted by Gasteiger charge is -2.30. The van der Waals surface area contributed by atoms with Gasteiger partial charge in [0.15, 0.2) is 0 Å². The maximum absolute atomic E-state index is 11.9. The van der Waals surface area contributed by atoms with E-state index in [1.54, 1.807) is 0 Å². The predicted octanol–water partition coefficient (Wildman–Crippen LogP) is 1.43. The lowest BCUT2D eigenvalue weighted by atomic mass is 9.98. The molecule has 1 aliphatic rings. The van der Waals surface area contributed by atoms with Crippen LogP contribution in [-0.2, 0) is 0 Å². The van der Waals surface area contributed by atoms with Gasteiger partial charge in [-0.25, -0.2) is 4.79 Å². The Morgan fingerprint density at radius 2 is 2.06 bits per heavy atom. The molecule has 0 aromatic rings. The van der Waals surface area contributed by atoms with E-state index < -0.39 is 0 Å². The van der Waals surface area contributed by atoms with Gasteiger partial charge in [-0.1, -0.05) is 0 Å². The van der Waals surface area contributed by atoms with Crippen molar-refractivity contribution < 1.29 is 4.79 Å². The molecule has 0 bridgehead atoms. The molecule has 16 heavy (non-hydrogen) atoms. The van der Waals surface area contributed by atoms with Crippen LogP contribution in [0.2, 0.25) is 0 Å². The number of urea groups is 1. The monoisotopic (exact) mass is 227 g/mol. The smallest absolute Gasteiger partial charge is 0.317 e. The van der Waals surface area contributed by atoms with E-state index in [9.17, 15) is 4.79 Å². The summed E-state index contributed by atoms with van der Waals surface area (Å²) in [6, 6.07) is 0.297. The van der Waals surface area contributed by atoms with Crippen LogP contribution < -0.4 is 10.6 Å². The predicted molar refractivity (Wildman–Crippen MR) is 66.5 cm³/mol. The van der Waals surface area contributed by atoms with Crippen molar-refractivity contribution in [1.29, 1.82) is 0 Å². The molecule has 0 spiro atoms. The van der Waals surface area contributed by atoms with Gasteiger partial charge in [0.1, 0.15) is 0 Å². The summed E-state index contributed by atoms with van der Waals surface area (Å²) in [5.74, 6) is 0.666. The average molecular weight is 227 g/mol. The summed E-state index contributed by atoms with van der Waals surface area (Å²) < 4.78 is 0. The van der Waals surface area contributed by atoms with Gasteiger partial charge in [-0.05, 0) is 52.6 Å². The number of amides is 2. The van der Waals surface area contributed by atoms with Gasteiger partial charge in [0.25, 0.3) is 0 Å². The summed E-state index contributed by atoms with van der Waals surface area (Å²) in [6.45, 7) is 9.91. The Balaban J connectivity index is 2.37. The highest BCUT2D eigenvalue weighted by molar-refractivity contribution is 5.74.